The standard InChI is InChI=1S/C7H14O4/c1-7(11-5-3-9)6-10-4-2-8/h6,8-9H,2-5H2,1H3. The molecule has 0 saturated carbocycles. The summed E-state index contributed by atoms with van der Waals surface area (Å²) in [6.07, 6.45) is 1.41. The molecule has 4 nitrogen and oxygen atoms in total. The van der Waals surface area contributed by atoms with E-state index in [0.717, 1.165) is 0 Å². The van der Waals surface area contributed by atoms with E-state index >= 15 is 0 Å². The Kier molecular flexibility index (Phi) is 6.87. The molecule has 0 atom stereocenters. The van der Waals surface area contributed by atoms with E-state index in [-0.39, 0.29) is 26.4 Å². The first-order valence-corrected chi connectivity index (χ1v) is 3.44. The minimum absolute atomic E-state index is 0.00875. The van der Waals surface area contributed by atoms with E-state index in [1.807, 2.05) is 0 Å². The number of hydrogen-bond acceptors (Lipinski definition) is 4. The zero-order chi connectivity index (χ0) is 8.53. The molecule has 0 aliphatic heterocycles. The van der Waals surface area contributed by atoms with Gasteiger partial charge in [0.05, 0.1) is 13.2 Å². The van der Waals surface area contributed by atoms with Gasteiger partial charge in [-0.1, -0.05) is 0 Å². The number of allylic oxidation sites excluding steroid dienone is 1. The predicted octanol–water partition coefficient (Wildman–Crippen LogP) is -0.134. The van der Waals surface area contributed by atoms with Crippen molar-refractivity contribution in [2.75, 3.05) is 26.4 Å². The van der Waals surface area contributed by atoms with Crippen LogP contribution in [0.2, 0.25) is 0 Å². The zero-order valence-electron chi connectivity index (χ0n) is 6.62. The molecule has 2 N–H and O–H groups in total. The summed E-state index contributed by atoms with van der Waals surface area (Å²) in [5.74, 6) is 0.590. The maximum absolute atomic E-state index is 8.35. The Labute approximate surface area is 66.1 Å². The van der Waals surface area contributed by atoms with Gasteiger partial charge in [0.25, 0.3) is 0 Å². The van der Waals surface area contributed by atoms with E-state index in [0.29, 0.717) is 5.76 Å². The van der Waals surface area contributed by atoms with Crippen LogP contribution in [-0.2, 0) is 9.47 Å². The minimum Gasteiger partial charge on any atom is -0.495 e. The van der Waals surface area contributed by atoms with E-state index in [9.17, 15) is 0 Å². The van der Waals surface area contributed by atoms with Crippen LogP contribution >= 0.6 is 0 Å². The van der Waals surface area contributed by atoms with Gasteiger partial charge in [0.15, 0.2) is 0 Å². The molecule has 0 spiro atoms. The van der Waals surface area contributed by atoms with Crippen LogP contribution < -0.4 is 0 Å². The first kappa shape index (κ1) is 10.3. The van der Waals surface area contributed by atoms with Crippen LogP contribution in [0.15, 0.2) is 12.0 Å². The monoisotopic (exact) mass is 162 g/mol. The SMILES string of the molecule is CC(=COCCO)OCCO. The number of hydrogen-bond donors (Lipinski definition) is 2. The molecule has 0 aromatic rings. The van der Waals surface area contributed by atoms with Gasteiger partial charge in [0.1, 0.15) is 25.2 Å². The van der Waals surface area contributed by atoms with Gasteiger partial charge >= 0.3 is 0 Å². The Morgan fingerprint density at radius 2 is 1.91 bits per heavy atom. The van der Waals surface area contributed by atoms with E-state index in [4.69, 9.17) is 19.7 Å². The van der Waals surface area contributed by atoms with Gasteiger partial charge in [-0.15, -0.1) is 0 Å². The number of ether oxygens (including phenoxy) is 2. The van der Waals surface area contributed by atoms with Gasteiger partial charge in [-0.2, -0.15) is 0 Å². The second kappa shape index (κ2) is 7.37. The van der Waals surface area contributed by atoms with Gasteiger partial charge in [0, 0.05) is 0 Å². The minimum atomic E-state index is -0.0101. The van der Waals surface area contributed by atoms with Gasteiger partial charge in [-0.05, 0) is 6.92 Å². The van der Waals surface area contributed by atoms with Crippen LogP contribution in [0.1, 0.15) is 6.92 Å². The van der Waals surface area contributed by atoms with Crippen molar-refractivity contribution in [3.8, 4) is 0 Å². The van der Waals surface area contributed by atoms with Crippen LogP contribution in [0.5, 0.6) is 0 Å². The summed E-state index contributed by atoms with van der Waals surface area (Å²) in [4.78, 5) is 0. The van der Waals surface area contributed by atoms with E-state index in [1.54, 1.807) is 6.92 Å². The average Bonchev–Trinajstić information content (AvgIpc) is 2.01. The summed E-state index contributed by atoms with van der Waals surface area (Å²) < 4.78 is 9.77. The van der Waals surface area contributed by atoms with Crippen molar-refractivity contribution in [2.45, 2.75) is 6.92 Å². The van der Waals surface area contributed by atoms with Crippen LogP contribution in [-0.4, -0.2) is 36.6 Å². The van der Waals surface area contributed by atoms with Crippen LogP contribution in [0, 0.1) is 0 Å². The highest BCUT2D eigenvalue weighted by Crippen LogP contribution is 1.94. The van der Waals surface area contributed by atoms with Crippen LogP contribution in [0.3, 0.4) is 0 Å². The maximum Gasteiger partial charge on any atom is 0.127 e. The molecule has 0 heterocycles. The van der Waals surface area contributed by atoms with E-state index in [2.05, 4.69) is 0 Å². The Morgan fingerprint density at radius 3 is 2.45 bits per heavy atom. The van der Waals surface area contributed by atoms with Crippen LogP contribution in [0.25, 0.3) is 0 Å². The van der Waals surface area contributed by atoms with Gasteiger partial charge < -0.3 is 19.7 Å². The summed E-state index contributed by atoms with van der Waals surface area (Å²) >= 11 is 0. The second-order valence-electron chi connectivity index (χ2n) is 1.89. The van der Waals surface area contributed by atoms with Crippen molar-refractivity contribution in [2.24, 2.45) is 0 Å². The van der Waals surface area contributed by atoms with Crippen molar-refractivity contribution < 1.29 is 19.7 Å². The third-order valence-electron chi connectivity index (χ3n) is 0.879. The average molecular weight is 162 g/mol. The lowest BCUT2D eigenvalue weighted by atomic mass is 10.6. The molecule has 0 rings (SSSR count). The topological polar surface area (TPSA) is 58.9 Å². The van der Waals surface area contributed by atoms with Crippen molar-refractivity contribution in [3.05, 3.63) is 12.0 Å². The normalized spacial score (nSPS) is 11.4. The third-order valence-corrected chi connectivity index (χ3v) is 0.879. The molecule has 4 heteroatoms. The predicted molar refractivity (Wildman–Crippen MR) is 39.8 cm³/mol. The van der Waals surface area contributed by atoms with Gasteiger partial charge in [0.2, 0.25) is 0 Å². The number of aliphatic hydroxyl groups excluding tert-OH is 2. The van der Waals surface area contributed by atoms with Crippen LogP contribution in [0.4, 0.5) is 0 Å². The smallest absolute Gasteiger partial charge is 0.127 e. The lowest BCUT2D eigenvalue weighted by Crippen LogP contribution is -1.99. The highest BCUT2D eigenvalue weighted by molar-refractivity contribution is 4.80. The molecule has 11 heavy (non-hydrogen) atoms. The summed E-state index contributed by atoms with van der Waals surface area (Å²) in [6.45, 7) is 2.23. The maximum atomic E-state index is 8.35. The first-order valence-electron chi connectivity index (χ1n) is 3.44. The lowest BCUT2D eigenvalue weighted by molar-refractivity contribution is 0.122. The molecule has 0 radical (unpaired) electrons. The highest BCUT2D eigenvalue weighted by Gasteiger charge is 1.88. The molecule has 0 unspecified atom stereocenters. The fourth-order valence-corrected chi connectivity index (χ4v) is 0.470. The molecule has 0 amide bonds. The first-order chi connectivity index (χ1) is 5.31. The number of aliphatic hydroxyl groups is 2. The largest absolute Gasteiger partial charge is 0.495 e. The molecule has 0 bridgehead atoms. The van der Waals surface area contributed by atoms with Crippen molar-refractivity contribution in [1.82, 2.24) is 0 Å². The molecule has 0 fully saturated rings. The zero-order valence-corrected chi connectivity index (χ0v) is 6.62. The Bertz CT molecular complexity index is 111. The summed E-state index contributed by atoms with van der Waals surface area (Å²) in [6, 6.07) is 0. The lowest BCUT2D eigenvalue weighted by Gasteiger charge is -2.03. The summed E-state index contributed by atoms with van der Waals surface area (Å²) in [7, 11) is 0. The summed E-state index contributed by atoms with van der Waals surface area (Å²) in [5, 5.41) is 16.7. The fourth-order valence-electron chi connectivity index (χ4n) is 0.470. The molecular weight excluding hydrogens is 148 g/mol. The third kappa shape index (κ3) is 7.15. The molecule has 66 valence electrons. The molecule has 0 aromatic heterocycles. The molecule has 0 saturated heterocycles. The van der Waals surface area contributed by atoms with Crippen molar-refractivity contribution >= 4 is 0 Å². The number of rotatable bonds is 6. The molecule has 0 aliphatic rings. The van der Waals surface area contributed by atoms with Gasteiger partial charge in [-0.3, -0.25) is 0 Å². The molecular formula is C7H14O4. The highest BCUT2D eigenvalue weighted by atomic mass is 16.5. The second-order valence-corrected chi connectivity index (χ2v) is 1.89. The molecule has 0 aromatic carbocycles. The van der Waals surface area contributed by atoms with Crippen molar-refractivity contribution in [3.63, 3.8) is 0 Å². The Balaban J connectivity index is 3.30. The van der Waals surface area contributed by atoms with E-state index in [1.165, 1.54) is 6.26 Å². The Hall–Kier alpha value is -0.740. The fraction of sp³-hybridized carbons (Fsp3) is 0.714. The summed E-state index contributed by atoms with van der Waals surface area (Å²) in [5.41, 5.74) is 0. The molecule has 0 aliphatic carbocycles. The quantitative estimate of drug-likeness (QED) is 0.422. The Morgan fingerprint density at radius 1 is 1.27 bits per heavy atom. The van der Waals surface area contributed by atoms with E-state index < -0.39 is 0 Å². The van der Waals surface area contributed by atoms with Gasteiger partial charge in [-0.25, -0.2) is 0 Å². The van der Waals surface area contributed by atoms with Crippen molar-refractivity contribution in [1.29, 1.82) is 0 Å².